The van der Waals surface area contributed by atoms with Gasteiger partial charge in [0.25, 0.3) is 0 Å². The zero-order valence-electron chi connectivity index (χ0n) is 17.8. The van der Waals surface area contributed by atoms with E-state index in [0.29, 0.717) is 44.2 Å². The molecule has 1 saturated heterocycles. The number of piperidine rings is 1. The number of hydrogen-bond acceptors (Lipinski definition) is 6. The van der Waals surface area contributed by atoms with Crippen LogP contribution in [0.5, 0.6) is 5.75 Å². The zero-order chi connectivity index (χ0) is 24.7. The highest BCUT2D eigenvalue weighted by atomic mass is 35.5. The van der Waals surface area contributed by atoms with E-state index in [4.69, 9.17) is 16.0 Å². The Morgan fingerprint density at radius 1 is 1.24 bits per heavy atom. The van der Waals surface area contributed by atoms with E-state index in [1.807, 2.05) is 0 Å². The number of urea groups is 1. The molecule has 1 aromatic heterocycles. The highest BCUT2D eigenvalue weighted by Crippen LogP contribution is 2.41. The Labute approximate surface area is 198 Å². The highest BCUT2D eigenvalue weighted by molar-refractivity contribution is 7.92. The van der Waals surface area contributed by atoms with Crippen molar-refractivity contribution in [2.45, 2.75) is 54.5 Å². The van der Waals surface area contributed by atoms with E-state index < -0.39 is 49.7 Å². The van der Waals surface area contributed by atoms with Gasteiger partial charge in [0.15, 0.2) is 15.6 Å². The second-order valence-electron chi connectivity index (χ2n) is 8.33. The fourth-order valence-electron chi connectivity index (χ4n) is 4.32. The summed E-state index contributed by atoms with van der Waals surface area (Å²) in [6, 6.07) is 1.77. The lowest BCUT2D eigenvalue weighted by molar-refractivity contribution is -0.153. The highest BCUT2D eigenvalue weighted by Gasteiger charge is 2.39. The van der Waals surface area contributed by atoms with Crippen molar-refractivity contribution in [3.05, 3.63) is 40.3 Å². The monoisotopic (exact) mass is 521 g/mol. The Balaban J connectivity index is 1.54. The molecule has 2 heterocycles. The van der Waals surface area contributed by atoms with Gasteiger partial charge in [-0.15, -0.1) is 0 Å². The molecule has 2 atom stereocenters. The number of halogens is 4. The topological polar surface area (TPSA) is 121 Å². The first kappa shape index (κ1) is 24.7. The number of phenols is 1. The lowest BCUT2D eigenvalue weighted by Gasteiger charge is -2.24. The van der Waals surface area contributed by atoms with Gasteiger partial charge in [0.2, 0.25) is 5.76 Å². The van der Waals surface area contributed by atoms with Crippen molar-refractivity contribution >= 4 is 33.2 Å². The Kier molecular flexibility index (Phi) is 6.76. The summed E-state index contributed by atoms with van der Waals surface area (Å²) in [7, 11) is -4.00. The molecule has 13 heteroatoms. The number of hydrogen-bond donors (Lipinski definition) is 4. The van der Waals surface area contributed by atoms with Crippen molar-refractivity contribution in [2.75, 3.05) is 18.4 Å². The second-order valence-corrected chi connectivity index (χ2v) is 10.9. The van der Waals surface area contributed by atoms with Gasteiger partial charge in [-0.1, -0.05) is 11.6 Å². The van der Waals surface area contributed by atoms with Gasteiger partial charge in [-0.25, -0.2) is 13.2 Å². The van der Waals surface area contributed by atoms with Crippen LogP contribution in [-0.4, -0.2) is 37.9 Å². The predicted octanol–water partition coefficient (Wildman–Crippen LogP) is 4.38. The molecule has 0 radical (unpaired) electrons. The minimum absolute atomic E-state index is 0.0297. The number of aromatic hydroxyl groups is 1. The molecule has 4 rings (SSSR count). The molecule has 2 amide bonds. The number of benzene rings is 1. The average molecular weight is 522 g/mol. The predicted molar refractivity (Wildman–Crippen MR) is 118 cm³/mol. The van der Waals surface area contributed by atoms with Crippen LogP contribution in [0.3, 0.4) is 0 Å². The molecule has 1 aromatic carbocycles. The van der Waals surface area contributed by atoms with Crippen molar-refractivity contribution < 1.29 is 35.9 Å². The van der Waals surface area contributed by atoms with Gasteiger partial charge in [-0.3, -0.25) is 0 Å². The molecule has 0 bridgehead atoms. The summed E-state index contributed by atoms with van der Waals surface area (Å²) in [6.45, 7) is 0.903. The maximum atomic E-state index is 13.1. The van der Waals surface area contributed by atoms with Crippen LogP contribution in [0.1, 0.15) is 48.8 Å². The Hall–Kier alpha value is -2.44. The van der Waals surface area contributed by atoms with Crippen LogP contribution in [0.15, 0.2) is 27.5 Å². The number of nitrogens with one attached hydrogen (secondary N) is 3. The van der Waals surface area contributed by atoms with E-state index in [-0.39, 0.29) is 23.0 Å². The first-order valence-corrected chi connectivity index (χ1v) is 12.6. The van der Waals surface area contributed by atoms with Crippen LogP contribution < -0.4 is 16.0 Å². The third-order valence-electron chi connectivity index (χ3n) is 5.99. The number of anilines is 1. The Bertz CT molecular complexity index is 1190. The van der Waals surface area contributed by atoms with Gasteiger partial charge in [-0.2, -0.15) is 13.2 Å². The number of amides is 2. The van der Waals surface area contributed by atoms with Gasteiger partial charge in [0.1, 0.15) is 10.7 Å². The fourth-order valence-corrected chi connectivity index (χ4v) is 6.67. The number of fused-ring (bicyclic) bond motifs is 1. The molecule has 186 valence electrons. The van der Waals surface area contributed by atoms with E-state index in [1.165, 1.54) is 12.1 Å². The normalized spacial score (nSPS) is 21.1. The molecule has 1 aliphatic carbocycles. The summed E-state index contributed by atoms with van der Waals surface area (Å²) in [4.78, 5) is 12.1. The lowest BCUT2D eigenvalue weighted by Crippen LogP contribution is -2.39. The van der Waals surface area contributed by atoms with E-state index in [2.05, 4.69) is 16.0 Å². The van der Waals surface area contributed by atoms with Crippen LogP contribution in [-0.2, 0) is 22.4 Å². The average Bonchev–Trinajstić information content (AvgIpc) is 3.22. The minimum atomic E-state index is -4.64. The summed E-state index contributed by atoms with van der Waals surface area (Å²) >= 11 is 6.10. The zero-order valence-corrected chi connectivity index (χ0v) is 19.4. The summed E-state index contributed by atoms with van der Waals surface area (Å²) in [5.41, 5.74) is 0.170. The van der Waals surface area contributed by atoms with Gasteiger partial charge in [-0.05, 0) is 62.4 Å². The van der Waals surface area contributed by atoms with Crippen LogP contribution in [0, 0.1) is 0 Å². The first-order chi connectivity index (χ1) is 16.0. The maximum absolute atomic E-state index is 13.1. The molecule has 0 spiro atoms. The van der Waals surface area contributed by atoms with Crippen LogP contribution in [0.25, 0.3) is 0 Å². The van der Waals surface area contributed by atoms with E-state index >= 15 is 0 Å². The standard InChI is InChI=1S/C21H23ClF3N3O5S/c22-13-6-7-14(17(29)19(13)34(31,32)12-4-2-8-26-10-12)27-20(30)28-15-5-1-3-11-9-16(21(23,24)25)33-18(11)15/h6-7,9,12,15,26,29H,1-5,8,10H2,(H2,27,28,30)/t12-,15+/m0/s1. The Morgan fingerprint density at radius 3 is 2.68 bits per heavy atom. The van der Waals surface area contributed by atoms with E-state index in [0.717, 1.165) is 6.07 Å². The number of rotatable bonds is 4. The molecule has 8 nitrogen and oxygen atoms in total. The minimum Gasteiger partial charge on any atom is -0.504 e. The summed E-state index contributed by atoms with van der Waals surface area (Å²) in [5.74, 6) is -1.80. The molecular formula is C21H23ClF3N3O5S. The smallest absolute Gasteiger partial charge is 0.449 e. The van der Waals surface area contributed by atoms with Gasteiger partial charge < -0.3 is 25.5 Å². The number of carbonyl (C=O) groups is 1. The van der Waals surface area contributed by atoms with Crippen molar-refractivity contribution in [3.8, 4) is 5.75 Å². The molecule has 4 N–H and O–H groups in total. The summed E-state index contributed by atoms with van der Waals surface area (Å²) in [6.07, 6.45) is -2.31. The van der Waals surface area contributed by atoms with Crippen molar-refractivity contribution in [3.63, 3.8) is 0 Å². The van der Waals surface area contributed by atoms with Crippen molar-refractivity contribution in [1.82, 2.24) is 10.6 Å². The molecule has 34 heavy (non-hydrogen) atoms. The number of furan rings is 1. The van der Waals surface area contributed by atoms with Gasteiger partial charge in [0.05, 0.1) is 22.0 Å². The number of sulfone groups is 1. The van der Waals surface area contributed by atoms with Crippen molar-refractivity contribution in [2.24, 2.45) is 0 Å². The molecular weight excluding hydrogens is 499 g/mol. The van der Waals surface area contributed by atoms with Crippen LogP contribution >= 0.6 is 11.6 Å². The molecule has 1 aliphatic heterocycles. The summed E-state index contributed by atoms with van der Waals surface area (Å²) < 4.78 is 70.2. The van der Waals surface area contributed by atoms with E-state index in [1.54, 1.807) is 0 Å². The molecule has 0 saturated carbocycles. The SMILES string of the molecule is O=C(Nc1ccc(Cl)c(S(=O)(=O)[C@H]2CCCNC2)c1O)N[C@@H]1CCCc2cc(C(F)(F)F)oc21. The summed E-state index contributed by atoms with van der Waals surface area (Å²) in [5, 5.41) is 17.6. The lowest BCUT2D eigenvalue weighted by atomic mass is 9.94. The fraction of sp³-hybridized carbons (Fsp3) is 0.476. The number of alkyl halides is 3. The number of phenolic OH excluding ortho intramolecular Hbond substituents is 1. The number of carbonyl (C=O) groups excluding carboxylic acids is 1. The molecule has 2 aliphatic rings. The number of aryl methyl sites for hydroxylation is 1. The van der Waals surface area contributed by atoms with Crippen LogP contribution in [0.2, 0.25) is 5.02 Å². The maximum Gasteiger partial charge on any atom is 0.449 e. The first-order valence-electron chi connectivity index (χ1n) is 10.7. The van der Waals surface area contributed by atoms with Crippen LogP contribution in [0.4, 0.5) is 23.7 Å². The van der Waals surface area contributed by atoms with E-state index in [9.17, 15) is 31.5 Å². The van der Waals surface area contributed by atoms with Gasteiger partial charge in [0, 0.05) is 6.54 Å². The Morgan fingerprint density at radius 2 is 2.00 bits per heavy atom. The second kappa shape index (κ2) is 9.31. The quantitative estimate of drug-likeness (QED) is 0.443. The largest absolute Gasteiger partial charge is 0.504 e. The third kappa shape index (κ3) is 4.84. The molecule has 0 unspecified atom stereocenters. The third-order valence-corrected chi connectivity index (χ3v) is 8.68. The molecule has 1 fully saturated rings. The molecule has 2 aromatic rings. The van der Waals surface area contributed by atoms with Crippen molar-refractivity contribution in [1.29, 1.82) is 0 Å². The van der Waals surface area contributed by atoms with Gasteiger partial charge >= 0.3 is 12.2 Å².